The van der Waals surface area contributed by atoms with Gasteiger partial charge in [-0.1, -0.05) is 55.5 Å². The lowest BCUT2D eigenvalue weighted by Gasteiger charge is -2.13. The number of aromatic nitrogens is 2. The first-order valence-corrected chi connectivity index (χ1v) is 9.93. The molecule has 4 aromatic rings. The van der Waals surface area contributed by atoms with Gasteiger partial charge in [-0.3, -0.25) is 0 Å². The van der Waals surface area contributed by atoms with E-state index in [1.807, 2.05) is 30.3 Å². The van der Waals surface area contributed by atoms with Crippen molar-refractivity contribution in [3.8, 4) is 5.75 Å². The molecule has 0 bridgehead atoms. The number of hydrogen-bond donors (Lipinski definition) is 1. The van der Waals surface area contributed by atoms with E-state index >= 15 is 0 Å². The zero-order chi connectivity index (χ0) is 19.5. The molecule has 28 heavy (non-hydrogen) atoms. The van der Waals surface area contributed by atoms with E-state index in [2.05, 4.69) is 59.5 Å². The number of aryl methyl sites for hydroxylation is 1. The summed E-state index contributed by atoms with van der Waals surface area (Å²) in [5.41, 5.74) is 2.34. The Morgan fingerprint density at radius 2 is 1.75 bits per heavy atom. The molecular formula is C24H27N2O2+. The molecule has 0 fully saturated rings. The molecule has 0 aliphatic rings. The van der Waals surface area contributed by atoms with Gasteiger partial charge >= 0.3 is 0 Å². The van der Waals surface area contributed by atoms with E-state index in [4.69, 9.17) is 4.74 Å². The van der Waals surface area contributed by atoms with Gasteiger partial charge < -0.3 is 9.84 Å². The topological polar surface area (TPSA) is 38.3 Å². The summed E-state index contributed by atoms with van der Waals surface area (Å²) in [5, 5.41) is 13.0. The molecule has 1 N–H and O–H groups in total. The Kier molecular flexibility index (Phi) is 5.31. The van der Waals surface area contributed by atoms with Crippen molar-refractivity contribution in [1.82, 2.24) is 4.57 Å². The number of para-hydroxylation sites is 2. The minimum absolute atomic E-state index is 0.260. The number of hydrogen-bond acceptors (Lipinski definition) is 2. The summed E-state index contributed by atoms with van der Waals surface area (Å²) in [6.45, 7) is 2.96. The Morgan fingerprint density at radius 1 is 1.00 bits per heavy atom. The van der Waals surface area contributed by atoms with Crippen molar-refractivity contribution in [1.29, 1.82) is 0 Å². The van der Waals surface area contributed by atoms with Crippen LogP contribution in [-0.2, 0) is 20.0 Å². The molecule has 3 aromatic carbocycles. The minimum Gasteiger partial charge on any atom is -0.490 e. The average Bonchev–Trinajstić information content (AvgIpc) is 2.98. The van der Waals surface area contributed by atoms with E-state index < -0.39 is 6.10 Å². The van der Waals surface area contributed by atoms with Crippen LogP contribution >= 0.6 is 0 Å². The first kappa shape index (κ1) is 18.5. The lowest BCUT2D eigenvalue weighted by Crippen LogP contribution is -2.34. The predicted molar refractivity (Wildman–Crippen MR) is 113 cm³/mol. The second kappa shape index (κ2) is 8.03. The van der Waals surface area contributed by atoms with Crippen molar-refractivity contribution in [3.05, 3.63) is 72.6 Å². The zero-order valence-corrected chi connectivity index (χ0v) is 16.5. The third-order valence-corrected chi connectivity index (χ3v) is 5.28. The van der Waals surface area contributed by atoms with Crippen LogP contribution in [-0.4, -0.2) is 22.4 Å². The molecule has 0 amide bonds. The van der Waals surface area contributed by atoms with Crippen molar-refractivity contribution >= 4 is 21.8 Å². The van der Waals surface area contributed by atoms with Gasteiger partial charge in [0.25, 0.3) is 5.82 Å². The second-order valence-electron chi connectivity index (χ2n) is 7.27. The number of aliphatic hydroxyl groups excluding tert-OH is 1. The maximum Gasteiger partial charge on any atom is 0.257 e. The van der Waals surface area contributed by atoms with Crippen LogP contribution in [0, 0.1) is 0 Å². The van der Waals surface area contributed by atoms with Crippen LogP contribution < -0.4 is 9.30 Å². The molecule has 1 aromatic heterocycles. The molecule has 1 heterocycles. The average molecular weight is 375 g/mol. The minimum atomic E-state index is -0.592. The van der Waals surface area contributed by atoms with Gasteiger partial charge in [0.15, 0.2) is 11.0 Å². The molecule has 4 nitrogen and oxygen atoms in total. The van der Waals surface area contributed by atoms with Crippen molar-refractivity contribution in [3.63, 3.8) is 0 Å². The van der Waals surface area contributed by atoms with Gasteiger partial charge in [-0.25, -0.2) is 9.13 Å². The lowest BCUT2D eigenvalue weighted by molar-refractivity contribution is -0.654. The normalized spacial score (nSPS) is 12.5. The van der Waals surface area contributed by atoms with Gasteiger partial charge in [0.1, 0.15) is 25.0 Å². The van der Waals surface area contributed by atoms with E-state index in [0.29, 0.717) is 6.54 Å². The third-order valence-electron chi connectivity index (χ3n) is 5.28. The SMILES string of the molecule is CCCc1n(C[C@@H](O)COc2cccc3ccccc23)c2ccccc2[n+]1C. The molecule has 1 atom stereocenters. The van der Waals surface area contributed by atoms with Gasteiger partial charge in [0.05, 0.1) is 7.05 Å². The first-order valence-electron chi connectivity index (χ1n) is 9.93. The fourth-order valence-corrected chi connectivity index (χ4v) is 3.94. The van der Waals surface area contributed by atoms with Crippen LogP contribution in [0.15, 0.2) is 66.7 Å². The summed E-state index contributed by atoms with van der Waals surface area (Å²) in [5.74, 6) is 2.04. The van der Waals surface area contributed by atoms with Gasteiger partial charge in [0.2, 0.25) is 0 Å². The molecule has 0 unspecified atom stereocenters. The molecule has 0 saturated carbocycles. The monoisotopic (exact) mass is 375 g/mol. The van der Waals surface area contributed by atoms with Crippen molar-refractivity contribution in [2.24, 2.45) is 7.05 Å². The molecule has 0 aliphatic carbocycles. The molecule has 4 rings (SSSR count). The molecule has 4 heteroatoms. The van der Waals surface area contributed by atoms with E-state index in [1.54, 1.807) is 0 Å². The Bertz CT molecular complexity index is 1100. The number of imidazole rings is 1. The Labute approximate surface area is 165 Å². The van der Waals surface area contributed by atoms with Crippen LogP contribution in [0.1, 0.15) is 19.2 Å². The van der Waals surface area contributed by atoms with E-state index in [-0.39, 0.29) is 6.61 Å². The van der Waals surface area contributed by atoms with Crippen LogP contribution in [0.2, 0.25) is 0 Å². The number of rotatable bonds is 7. The maximum absolute atomic E-state index is 10.7. The van der Waals surface area contributed by atoms with Gasteiger partial charge in [-0.2, -0.15) is 0 Å². The van der Waals surface area contributed by atoms with Gasteiger partial charge in [0, 0.05) is 11.8 Å². The van der Waals surface area contributed by atoms with Crippen molar-refractivity contribution in [2.75, 3.05) is 6.61 Å². The van der Waals surface area contributed by atoms with Crippen LogP contribution in [0.25, 0.3) is 21.8 Å². The summed E-state index contributed by atoms with van der Waals surface area (Å²) in [7, 11) is 2.10. The number of benzene rings is 3. The van der Waals surface area contributed by atoms with E-state index in [9.17, 15) is 5.11 Å². The van der Waals surface area contributed by atoms with Crippen LogP contribution in [0.4, 0.5) is 0 Å². The fourth-order valence-electron chi connectivity index (χ4n) is 3.94. The molecule has 0 radical (unpaired) electrons. The molecule has 0 spiro atoms. The van der Waals surface area contributed by atoms with Crippen LogP contribution in [0.5, 0.6) is 5.75 Å². The number of aliphatic hydroxyl groups is 1. The van der Waals surface area contributed by atoms with Gasteiger partial charge in [-0.05, 0) is 30.0 Å². The Hall–Kier alpha value is -2.85. The van der Waals surface area contributed by atoms with E-state index in [1.165, 1.54) is 11.3 Å². The van der Waals surface area contributed by atoms with Crippen LogP contribution in [0.3, 0.4) is 0 Å². The van der Waals surface area contributed by atoms with Gasteiger partial charge in [-0.15, -0.1) is 0 Å². The predicted octanol–water partition coefficient (Wildman–Crippen LogP) is 4.01. The van der Waals surface area contributed by atoms with Crippen molar-refractivity contribution in [2.45, 2.75) is 32.4 Å². The highest BCUT2D eigenvalue weighted by Crippen LogP contribution is 2.25. The molecule has 0 saturated heterocycles. The number of nitrogens with zero attached hydrogens (tertiary/aromatic N) is 2. The highest BCUT2D eigenvalue weighted by Gasteiger charge is 2.24. The smallest absolute Gasteiger partial charge is 0.257 e. The summed E-state index contributed by atoms with van der Waals surface area (Å²) in [6.07, 6.45) is 1.44. The highest BCUT2D eigenvalue weighted by atomic mass is 16.5. The largest absolute Gasteiger partial charge is 0.490 e. The second-order valence-corrected chi connectivity index (χ2v) is 7.27. The lowest BCUT2D eigenvalue weighted by atomic mass is 10.1. The summed E-state index contributed by atoms with van der Waals surface area (Å²) in [4.78, 5) is 0. The number of ether oxygens (including phenoxy) is 1. The summed E-state index contributed by atoms with van der Waals surface area (Å²) < 4.78 is 10.5. The molecule has 0 aliphatic heterocycles. The van der Waals surface area contributed by atoms with E-state index in [0.717, 1.165) is 34.9 Å². The summed E-state index contributed by atoms with van der Waals surface area (Å²) >= 11 is 0. The fraction of sp³-hybridized carbons (Fsp3) is 0.292. The molecular weight excluding hydrogens is 348 g/mol. The Balaban J connectivity index is 1.55. The quantitative estimate of drug-likeness (QED) is 0.496. The first-order chi connectivity index (χ1) is 13.7. The summed E-state index contributed by atoms with van der Waals surface area (Å²) in [6, 6.07) is 22.5. The van der Waals surface area contributed by atoms with Crippen molar-refractivity contribution < 1.29 is 14.4 Å². The third kappa shape index (κ3) is 3.48. The standard InChI is InChI=1S/C24H27N2O2/c1-3-9-24-25(2)21-13-6-7-14-22(21)26(24)16-19(27)17-28-23-15-8-11-18-10-4-5-12-20(18)23/h4-8,10-15,19,27H,3,9,16-17H2,1-2H3/q+1/t19-/m1/s1. The maximum atomic E-state index is 10.7. The molecule has 144 valence electrons. The number of fused-ring (bicyclic) bond motifs is 2. The Morgan fingerprint density at radius 3 is 2.61 bits per heavy atom. The zero-order valence-electron chi connectivity index (χ0n) is 16.5. The highest BCUT2D eigenvalue weighted by molar-refractivity contribution is 5.88.